The van der Waals surface area contributed by atoms with E-state index in [4.69, 9.17) is 5.73 Å². The Morgan fingerprint density at radius 3 is 2.50 bits per heavy atom. The van der Waals surface area contributed by atoms with Crippen molar-refractivity contribution >= 4 is 21.7 Å². The van der Waals surface area contributed by atoms with Crippen molar-refractivity contribution in [2.24, 2.45) is 0 Å². The van der Waals surface area contributed by atoms with Gasteiger partial charge in [0, 0.05) is 16.2 Å². The average molecular weight is 329 g/mol. The monoisotopic (exact) mass is 328 g/mol. The molecule has 20 heavy (non-hydrogen) atoms. The van der Waals surface area contributed by atoms with E-state index in [9.17, 15) is 0 Å². The van der Waals surface area contributed by atoms with Gasteiger partial charge in [-0.2, -0.15) is 9.78 Å². The number of hydrogen-bond donors (Lipinski definition) is 1. The van der Waals surface area contributed by atoms with Crippen molar-refractivity contribution in [2.75, 3.05) is 5.73 Å². The Kier molecular flexibility index (Phi) is 3.28. The Balaban J connectivity index is 2.14. The van der Waals surface area contributed by atoms with Gasteiger partial charge in [0.15, 0.2) is 5.82 Å². The fourth-order valence-electron chi connectivity index (χ4n) is 2.17. The lowest BCUT2D eigenvalue weighted by atomic mass is 10.1. The third-order valence-electron chi connectivity index (χ3n) is 3.09. The molecule has 0 fully saturated rings. The summed E-state index contributed by atoms with van der Waals surface area (Å²) in [6.45, 7) is 1.95. The molecule has 0 aliphatic carbocycles. The van der Waals surface area contributed by atoms with Crippen LogP contribution in [0.2, 0.25) is 0 Å². The van der Waals surface area contributed by atoms with Crippen LogP contribution in [-0.2, 0) is 0 Å². The molecule has 0 aliphatic heterocycles. The molecule has 100 valence electrons. The second kappa shape index (κ2) is 5.09. The van der Waals surface area contributed by atoms with Gasteiger partial charge in [0.1, 0.15) is 5.82 Å². The Labute approximate surface area is 125 Å². The number of hydrogen-bond acceptors (Lipinski definition) is 3. The molecule has 0 atom stereocenters. The lowest BCUT2D eigenvalue weighted by Crippen LogP contribution is -2.04. The lowest BCUT2D eigenvalue weighted by Gasteiger charge is -2.04. The van der Waals surface area contributed by atoms with E-state index in [2.05, 4.69) is 26.0 Å². The number of benzene rings is 1. The van der Waals surface area contributed by atoms with E-state index in [0.717, 1.165) is 21.3 Å². The second-order valence-electron chi connectivity index (χ2n) is 4.46. The molecule has 0 aliphatic rings. The number of halogens is 1. The molecule has 3 rings (SSSR count). The van der Waals surface area contributed by atoms with Crippen LogP contribution in [0.4, 0.5) is 5.82 Å². The van der Waals surface area contributed by atoms with Gasteiger partial charge in [-0.3, -0.25) is 0 Å². The predicted octanol–water partition coefficient (Wildman–Crippen LogP) is 3.59. The lowest BCUT2D eigenvalue weighted by molar-refractivity contribution is 0.841. The summed E-state index contributed by atoms with van der Waals surface area (Å²) < 4.78 is 2.59. The summed E-state index contributed by atoms with van der Waals surface area (Å²) >= 11 is 3.37. The summed E-state index contributed by atoms with van der Waals surface area (Å²) in [4.78, 5) is 4.33. The van der Waals surface area contributed by atoms with E-state index in [1.807, 2.05) is 49.4 Å². The number of rotatable bonds is 2. The summed E-state index contributed by atoms with van der Waals surface area (Å²) in [7, 11) is 0. The molecule has 0 saturated carbocycles. The molecule has 2 N–H and O–H groups in total. The minimum atomic E-state index is 0.600. The maximum Gasteiger partial charge on any atom is 0.155 e. The van der Waals surface area contributed by atoms with E-state index in [0.29, 0.717) is 11.6 Å². The van der Waals surface area contributed by atoms with Gasteiger partial charge in [-0.05, 0) is 40.5 Å². The molecule has 0 saturated heterocycles. The highest BCUT2D eigenvalue weighted by molar-refractivity contribution is 9.10. The SMILES string of the molecule is Cc1nn(-c2ccc(Br)cn2)c(N)c1-c1ccccc1. The predicted molar refractivity (Wildman–Crippen MR) is 83.6 cm³/mol. The first-order chi connectivity index (χ1) is 9.66. The number of aryl methyl sites for hydroxylation is 1. The van der Waals surface area contributed by atoms with Crippen molar-refractivity contribution in [3.63, 3.8) is 0 Å². The molecule has 0 unspecified atom stereocenters. The van der Waals surface area contributed by atoms with Crippen LogP contribution in [0.3, 0.4) is 0 Å². The molecule has 0 spiro atoms. The molecule has 4 nitrogen and oxygen atoms in total. The summed E-state index contributed by atoms with van der Waals surface area (Å²) in [5.41, 5.74) is 9.16. The van der Waals surface area contributed by atoms with Crippen LogP contribution in [0, 0.1) is 6.92 Å². The van der Waals surface area contributed by atoms with Crippen LogP contribution < -0.4 is 5.73 Å². The van der Waals surface area contributed by atoms with Gasteiger partial charge in [-0.1, -0.05) is 30.3 Å². The standard InChI is InChI=1S/C15H13BrN4/c1-10-14(11-5-3-2-4-6-11)15(17)20(19-10)13-8-7-12(16)9-18-13/h2-9H,17H2,1H3. The topological polar surface area (TPSA) is 56.7 Å². The maximum absolute atomic E-state index is 6.26. The minimum absolute atomic E-state index is 0.600. The zero-order chi connectivity index (χ0) is 14.1. The fourth-order valence-corrected chi connectivity index (χ4v) is 2.41. The first kappa shape index (κ1) is 12.9. The summed E-state index contributed by atoms with van der Waals surface area (Å²) in [5.74, 6) is 1.31. The summed E-state index contributed by atoms with van der Waals surface area (Å²) in [5, 5.41) is 4.50. The van der Waals surface area contributed by atoms with Crippen LogP contribution in [0.15, 0.2) is 53.1 Å². The Morgan fingerprint density at radius 2 is 1.85 bits per heavy atom. The minimum Gasteiger partial charge on any atom is -0.383 e. The van der Waals surface area contributed by atoms with Gasteiger partial charge < -0.3 is 5.73 Å². The highest BCUT2D eigenvalue weighted by Gasteiger charge is 2.15. The van der Waals surface area contributed by atoms with Crippen molar-refractivity contribution in [3.8, 4) is 16.9 Å². The molecule has 2 aromatic heterocycles. The van der Waals surface area contributed by atoms with Gasteiger partial charge in [0.25, 0.3) is 0 Å². The van der Waals surface area contributed by atoms with E-state index in [1.54, 1.807) is 10.9 Å². The van der Waals surface area contributed by atoms with Crippen molar-refractivity contribution in [1.82, 2.24) is 14.8 Å². The first-order valence-corrected chi connectivity index (χ1v) is 6.98. The van der Waals surface area contributed by atoms with Crippen molar-refractivity contribution < 1.29 is 0 Å². The van der Waals surface area contributed by atoms with Crippen LogP contribution >= 0.6 is 15.9 Å². The second-order valence-corrected chi connectivity index (χ2v) is 5.37. The van der Waals surface area contributed by atoms with Crippen LogP contribution in [-0.4, -0.2) is 14.8 Å². The van der Waals surface area contributed by atoms with Crippen molar-refractivity contribution in [2.45, 2.75) is 6.92 Å². The van der Waals surface area contributed by atoms with Gasteiger partial charge in [0.05, 0.1) is 5.69 Å². The highest BCUT2D eigenvalue weighted by atomic mass is 79.9. The number of anilines is 1. The Bertz CT molecular complexity index is 733. The van der Waals surface area contributed by atoms with Crippen molar-refractivity contribution in [3.05, 3.63) is 58.8 Å². The summed E-state index contributed by atoms with van der Waals surface area (Å²) in [6.07, 6.45) is 1.73. The van der Waals surface area contributed by atoms with E-state index in [-0.39, 0.29) is 0 Å². The number of nitrogens with two attached hydrogens (primary N) is 1. The molecule has 0 amide bonds. The average Bonchev–Trinajstić information content (AvgIpc) is 2.76. The molecule has 0 radical (unpaired) electrons. The van der Waals surface area contributed by atoms with Gasteiger partial charge in [0.2, 0.25) is 0 Å². The van der Waals surface area contributed by atoms with E-state index < -0.39 is 0 Å². The molecule has 0 bridgehead atoms. The molecule has 2 heterocycles. The van der Waals surface area contributed by atoms with Gasteiger partial charge in [-0.25, -0.2) is 4.98 Å². The smallest absolute Gasteiger partial charge is 0.155 e. The molecular weight excluding hydrogens is 316 g/mol. The third kappa shape index (κ3) is 2.20. The number of nitrogens with zero attached hydrogens (tertiary/aromatic N) is 3. The first-order valence-electron chi connectivity index (χ1n) is 6.19. The Hall–Kier alpha value is -2.14. The molecule has 3 aromatic rings. The quantitative estimate of drug-likeness (QED) is 0.782. The normalized spacial score (nSPS) is 10.7. The molecular formula is C15H13BrN4. The number of aromatic nitrogens is 3. The van der Waals surface area contributed by atoms with Crippen molar-refractivity contribution in [1.29, 1.82) is 0 Å². The van der Waals surface area contributed by atoms with Crippen LogP contribution in [0.25, 0.3) is 16.9 Å². The zero-order valence-electron chi connectivity index (χ0n) is 10.9. The third-order valence-corrected chi connectivity index (χ3v) is 3.56. The number of pyridine rings is 1. The molecule has 5 heteroatoms. The van der Waals surface area contributed by atoms with Crippen LogP contribution in [0.5, 0.6) is 0 Å². The fraction of sp³-hybridized carbons (Fsp3) is 0.0667. The number of nitrogen functional groups attached to an aromatic ring is 1. The highest BCUT2D eigenvalue weighted by Crippen LogP contribution is 2.30. The van der Waals surface area contributed by atoms with Crippen LogP contribution in [0.1, 0.15) is 5.69 Å². The zero-order valence-corrected chi connectivity index (χ0v) is 12.5. The largest absolute Gasteiger partial charge is 0.383 e. The van der Waals surface area contributed by atoms with E-state index in [1.165, 1.54) is 0 Å². The van der Waals surface area contributed by atoms with Gasteiger partial charge in [-0.15, -0.1) is 0 Å². The van der Waals surface area contributed by atoms with E-state index >= 15 is 0 Å². The molecule has 1 aromatic carbocycles. The summed E-state index contributed by atoms with van der Waals surface area (Å²) in [6, 6.07) is 13.8. The Morgan fingerprint density at radius 1 is 1.10 bits per heavy atom. The van der Waals surface area contributed by atoms with Gasteiger partial charge >= 0.3 is 0 Å². The maximum atomic E-state index is 6.26.